The Kier molecular flexibility index (Phi) is 2.22. The van der Waals surface area contributed by atoms with E-state index in [-0.39, 0.29) is 5.82 Å². The molecule has 0 bridgehead atoms. The lowest BCUT2D eigenvalue weighted by Gasteiger charge is -2.01. The molecule has 0 aliphatic heterocycles. The molecule has 0 spiro atoms. The molecule has 0 amide bonds. The van der Waals surface area contributed by atoms with Crippen LogP contribution in [0.15, 0.2) is 28.9 Å². The minimum absolute atomic E-state index is 0.282. The predicted molar refractivity (Wildman–Crippen MR) is 54.4 cm³/mol. The Morgan fingerprint density at radius 3 is 2.85 bits per heavy atom. The number of rotatable bonds is 0. The highest BCUT2D eigenvalue weighted by Crippen LogP contribution is 2.28. The van der Waals surface area contributed by atoms with E-state index in [0.717, 1.165) is 15.2 Å². The zero-order valence-electron chi connectivity index (χ0n) is 6.39. The summed E-state index contributed by atoms with van der Waals surface area (Å²) in [5.41, 5.74) is 0. The van der Waals surface area contributed by atoms with Crippen LogP contribution < -0.4 is 0 Å². The van der Waals surface area contributed by atoms with Crippen LogP contribution in [-0.2, 0) is 0 Å². The standard InChI is InChI=1S/C9H4BrClFN/c10-8-4-13-9(11)6-2-1-5(12)3-7(6)8/h1-4H. The number of hydrogen-bond acceptors (Lipinski definition) is 1. The van der Waals surface area contributed by atoms with E-state index in [1.165, 1.54) is 12.1 Å². The summed E-state index contributed by atoms with van der Waals surface area (Å²) in [5.74, 6) is -0.282. The molecule has 2 rings (SSSR count). The molecule has 0 aliphatic carbocycles. The third-order valence-electron chi connectivity index (χ3n) is 1.75. The molecule has 0 saturated carbocycles. The molecule has 0 unspecified atom stereocenters. The maximum atomic E-state index is 12.9. The Hall–Kier alpha value is -0.670. The Morgan fingerprint density at radius 1 is 1.31 bits per heavy atom. The first-order chi connectivity index (χ1) is 6.18. The van der Waals surface area contributed by atoms with Crippen LogP contribution in [0.1, 0.15) is 0 Å². The molecule has 66 valence electrons. The number of aromatic nitrogens is 1. The van der Waals surface area contributed by atoms with Gasteiger partial charge in [0.15, 0.2) is 0 Å². The van der Waals surface area contributed by atoms with Gasteiger partial charge < -0.3 is 0 Å². The maximum Gasteiger partial charge on any atom is 0.136 e. The second-order valence-electron chi connectivity index (χ2n) is 2.59. The Labute approximate surface area is 87.7 Å². The van der Waals surface area contributed by atoms with Gasteiger partial charge >= 0.3 is 0 Å². The molecule has 1 nitrogen and oxygen atoms in total. The van der Waals surface area contributed by atoms with Gasteiger partial charge in [-0.25, -0.2) is 9.37 Å². The van der Waals surface area contributed by atoms with Gasteiger partial charge in [-0.1, -0.05) is 11.6 Å². The van der Waals surface area contributed by atoms with Crippen LogP contribution >= 0.6 is 27.5 Å². The van der Waals surface area contributed by atoms with Gasteiger partial charge in [-0.2, -0.15) is 0 Å². The van der Waals surface area contributed by atoms with E-state index >= 15 is 0 Å². The van der Waals surface area contributed by atoms with Crippen LogP contribution in [0.5, 0.6) is 0 Å². The molecule has 0 N–H and O–H groups in total. The van der Waals surface area contributed by atoms with Crippen molar-refractivity contribution in [3.8, 4) is 0 Å². The third kappa shape index (κ3) is 1.54. The maximum absolute atomic E-state index is 12.9. The fourth-order valence-electron chi connectivity index (χ4n) is 1.15. The van der Waals surface area contributed by atoms with E-state index in [0.29, 0.717) is 5.15 Å². The van der Waals surface area contributed by atoms with Gasteiger partial charge in [-0.15, -0.1) is 0 Å². The molecule has 2 aromatic rings. The fraction of sp³-hybridized carbons (Fsp3) is 0. The summed E-state index contributed by atoms with van der Waals surface area (Å²) in [6.45, 7) is 0. The molecule has 0 atom stereocenters. The molecule has 0 aliphatic rings. The lowest BCUT2D eigenvalue weighted by molar-refractivity contribution is 0.629. The predicted octanol–water partition coefficient (Wildman–Crippen LogP) is 3.79. The van der Waals surface area contributed by atoms with E-state index in [2.05, 4.69) is 20.9 Å². The molecule has 13 heavy (non-hydrogen) atoms. The summed E-state index contributed by atoms with van der Waals surface area (Å²) in [7, 11) is 0. The average molecular weight is 260 g/mol. The van der Waals surface area contributed by atoms with Crippen LogP contribution in [0.2, 0.25) is 5.15 Å². The second kappa shape index (κ2) is 3.24. The fourth-order valence-corrected chi connectivity index (χ4v) is 1.79. The van der Waals surface area contributed by atoms with Crippen molar-refractivity contribution in [1.29, 1.82) is 0 Å². The number of pyridine rings is 1. The molecule has 1 aromatic carbocycles. The summed E-state index contributed by atoms with van der Waals surface area (Å²) in [5, 5.41) is 1.87. The molecule has 0 saturated heterocycles. The van der Waals surface area contributed by atoms with Gasteiger partial charge in [-0.3, -0.25) is 0 Å². The first kappa shape index (κ1) is 8.91. The molecular weight excluding hydrogens is 256 g/mol. The van der Waals surface area contributed by atoms with Crippen LogP contribution in [0.4, 0.5) is 4.39 Å². The van der Waals surface area contributed by atoms with Crippen molar-refractivity contribution >= 4 is 38.3 Å². The zero-order chi connectivity index (χ0) is 9.42. The summed E-state index contributed by atoms with van der Waals surface area (Å²) < 4.78 is 13.6. The van der Waals surface area contributed by atoms with Crippen molar-refractivity contribution in [1.82, 2.24) is 4.98 Å². The molecular formula is C9H4BrClFN. The Morgan fingerprint density at radius 2 is 2.08 bits per heavy atom. The SMILES string of the molecule is Fc1ccc2c(Cl)ncc(Br)c2c1. The summed E-state index contributed by atoms with van der Waals surface area (Å²) in [4.78, 5) is 3.93. The first-order valence-corrected chi connectivity index (χ1v) is 4.75. The van der Waals surface area contributed by atoms with Crippen molar-refractivity contribution in [2.24, 2.45) is 0 Å². The number of fused-ring (bicyclic) bond motifs is 1. The number of halogens is 3. The van der Waals surface area contributed by atoms with Gasteiger partial charge in [-0.05, 0) is 34.1 Å². The van der Waals surface area contributed by atoms with Gasteiger partial charge in [0.05, 0.1) is 0 Å². The average Bonchev–Trinajstić information content (AvgIpc) is 2.12. The lowest BCUT2D eigenvalue weighted by atomic mass is 10.2. The van der Waals surface area contributed by atoms with Crippen LogP contribution in [0, 0.1) is 5.82 Å². The summed E-state index contributed by atoms with van der Waals surface area (Å²) in [6.07, 6.45) is 1.56. The summed E-state index contributed by atoms with van der Waals surface area (Å²) >= 11 is 9.10. The number of nitrogens with zero attached hydrogens (tertiary/aromatic N) is 1. The highest BCUT2D eigenvalue weighted by molar-refractivity contribution is 9.10. The highest BCUT2D eigenvalue weighted by atomic mass is 79.9. The van der Waals surface area contributed by atoms with Gasteiger partial charge in [0.25, 0.3) is 0 Å². The zero-order valence-corrected chi connectivity index (χ0v) is 8.73. The van der Waals surface area contributed by atoms with Gasteiger partial charge in [0.2, 0.25) is 0 Å². The largest absolute Gasteiger partial charge is 0.243 e. The van der Waals surface area contributed by atoms with E-state index in [1.807, 2.05) is 0 Å². The van der Waals surface area contributed by atoms with E-state index in [9.17, 15) is 4.39 Å². The molecule has 0 fully saturated rings. The van der Waals surface area contributed by atoms with Gasteiger partial charge in [0, 0.05) is 21.4 Å². The van der Waals surface area contributed by atoms with Crippen molar-refractivity contribution in [2.45, 2.75) is 0 Å². The minimum Gasteiger partial charge on any atom is -0.243 e. The minimum atomic E-state index is -0.282. The normalized spacial score (nSPS) is 10.7. The Balaban J connectivity index is 2.92. The number of benzene rings is 1. The van der Waals surface area contributed by atoms with E-state index < -0.39 is 0 Å². The molecule has 4 heteroatoms. The quantitative estimate of drug-likeness (QED) is 0.657. The molecule has 1 aromatic heterocycles. The highest BCUT2D eigenvalue weighted by Gasteiger charge is 2.04. The lowest BCUT2D eigenvalue weighted by Crippen LogP contribution is -1.82. The van der Waals surface area contributed by atoms with Crippen LogP contribution in [-0.4, -0.2) is 4.98 Å². The molecule has 0 radical (unpaired) electrons. The van der Waals surface area contributed by atoms with Crippen LogP contribution in [0.3, 0.4) is 0 Å². The van der Waals surface area contributed by atoms with Crippen molar-refractivity contribution in [2.75, 3.05) is 0 Å². The van der Waals surface area contributed by atoms with Crippen LogP contribution in [0.25, 0.3) is 10.8 Å². The van der Waals surface area contributed by atoms with E-state index in [4.69, 9.17) is 11.6 Å². The summed E-state index contributed by atoms with van der Waals surface area (Å²) in [6, 6.07) is 4.40. The van der Waals surface area contributed by atoms with Crippen molar-refractivity contribution in [3.05, 3.63) is 39.8 Å². The molecule has 1 heterocycles. The van der Waals surface area contributed by atoms with Crippen molar-refractivity contribution in [3.63, 3.8) is 0 Å². The topological polar surface area (TPSA) is 12.9 Å². The third-order valence-corrected chi connectivity index (χ3v) is 2.69. The van der Waals surface area contributed by atoms with Gasteiger partial charge in [0.1, 0.15) is 11.0 Å². The van der Waals surface area contributed by atoms with E-state index in [1.54, 1.807) is 12.3 Å². The smallest absolute Gasteiger partial charge is 0.136 e. The second-order valence-corrected chi connectivity index (χ2v) is 3.80. The first-order valence-electron chi connectivity index (χ1n) is 3.58. The Bertz CT molecular complexity index is 472. The number of hydrogen-bond donors (Lipinski definition) is 0. The monoisotopic (exact) mass is 259 g/mol. The van der Waals surface area contributed by atoms with Crippen molar-refractivity contribution < 1.29 is 4.39 Å².